The van der Waals surface area contributed by atoms with E-state index in [0.29, 0.717) is 26.0 Å². The van der Waals surface area contributed by atoms with E-state index in [0.717, 1.165) is 25.7 Å². The van der Waals surface area contributed by atoms with Gasteiger partial charge in [-0.2, -0.15) is 0 Å². The highest BCUT2D eigenvalue weighted by molar-refractivity contribution is 5.86. The van der Waals surface area contributed by atoms with Crippen LogP contribution in [0.4, 0.5) is 4.79 Å². The number of carbonyl (C=O) groups is 2. The molecule has 122 valence electrons. The standard InChI is InChI=1S/C15H28N2O4/c1-12(2)21-11-10-17(3)14(20)16-15(13(18)19)8-6-4-5-7-9-15/h12H,4-11H2,1-3H3,(H,16,20)(H,18,19). The summed E-state index contributed by atoms with van der Waals surface area (Å²) in [5, 5.41) is 12.3. The van der Waals surface area contributed by atoms with Crippen molar-refractivity contribution in [2.45, 2.75) is 64.0 Å². The van der Waals surface area contributed by atoms with Crippen LogP contribution in [0, 0.1) is 0 Å². The molecule has 1 rings (SSSR count). The summed E-state index contributed by atoms with van der Waals surface area (Å²) < 4.78 is 5.41. The summed E-state index contributed by atoms with van der Waals surface area (Å²) in [5.41, 5.74) is -1.11. The number of hydrogen-bond acceptors (Lipinski definition) is 3. The number of nitrogens with zero attached hydrogens (tertiary/aromatic N) is 1. The van der Waals surface area contributed by atoms with E-state index in [-0.39, 0.29) is 12.1 Å². The van der Waals surface area contributed by atoms with E-state index < -0.39 is 11.5 Å². The fourth-order valence-electron chi connectivity index (χ4n) is 2.55. The lowest BCUT2D eigenvalue weighted by atomic mass is 9.90. The van der Waals surface area contributed by atoms with Crippen LogP contribution in [-0.4, -0.2) is 53.8 Å². The lowest BCUT2D eigenvalue weighted by molar-refractivity contribution is -0.145. The second-order valence-corrected chi connectivity index (χ2v) is 6.07. The molecule has 2 amide bonds. The highest BCUT2D eigenvalue weighted by Crippen LogP contribution is 2.27. The third kappa shape index (κ3) is 5.53. The Hall–Kier alpha value is -1.30. The Kier molecular flexibility index (Phi) is 6.95. The van der Waals surface area contributed by atoms with Crippen molar-refractivity contribution in [1.29, 1.82) is 0 Å². The first-order valence-electron chi connectivity index (χ1n) is 7.76. The van der Waals surface area contributed by atoms with E-state index >= 15 is 0 Å². The number of ether oxygens (including phenoxy) is 1. The third-order valence-electron chi connectivity index (χ3n) is 3.94. The van der Waals surface area contributed by atoms with Gasteiger partial charge in [0, 0.05) is 13.6 Å². The molecule has 1 aliphatic rings. The van der Waals surface area contributed by atoms with Crippen molar-refractivity contribution in [1.82, 2.24) is 10.2 Å². The number of amides is 2. The van der Waals surface area contributed by atoms with Gasteiger partial charge in [0.25, 0.3) is 0 Å². The van der Waals surface area contributed by atoms with E-state index in [1.54, 1.807) is 7.05 Å². The molecule has 0 aliphatic heterocycles. The predicted molar refractivity (Wildman–Crippen MR) is 80.3 cm³/mol. The monoisotopic (exact) mass is 300 g/mol. The molecule has 0 aromatic carbocycles. The Morgan fingerprint density at radius 3 is 2.29 bits per heavy atom. The minimum Gasteiger partial charge on any atom is -0.480 e. The molecular formula is C15H28N2O4. The van der Waals surface area contributed by atoms with Gasteiger partial charge in [0.2, 0.25) is 0 Å². The van der Waals surface area contributed by atoms with Gasteiger partial charge in [-0.25, -0.2) is 9.59 Å². The number of rotatable bonds is 6. The lowest BCUT2D eigenvalue weighted by Gasteiger charge is -2.31. The van der Waals surface area contributed by atoms with Crippen molar-refractivity contribution in [2.75, 3.05) is 20.2 Å². The van der Waals surface area contributed by atoms with Gasteiger partial charge in [-0.15, -0.1) is 0 Å². The molecule has 6 nitrogen and oxygen atoms in total. The van der Waals surface area contributed by atoms with E-state index in [2.05, 4.69) is 5.32 Å². The van der Waals surface area contributed by atoms with Crippen LogP contribution >= 0.6 is 0 Å². The number of carboxylic acids is 1. The van der Waals surface area contributed by atoms with Gasteiger partial charge in [-0.1, -0.05) is 25.7 Å². The predicted octanol–water partition coefficient (Wildman–Crippen LogP) is 2.23. The number of urea groups is 1. The maximum Gasteiger partial charge on any atom is 0.329 e. The molecule has 2 N–H and O–H groups in total. The molecule has 0 spiro atoms. The van der Waals surface area contributed by atoms with Crippen molar-refractivity contribution >= 4 is 12.0 Å². The number of hydrogen-bond donors (Lipinski definition) is 2. The van der Waals surface area contributed by atoms with Crippen LogP contribution in [0.1, 0.15) is 52.4 Å². The molecule has 0 aromatic rings. The van der Waals surface area contributed by atoms with Crippen LogP contribution in [0.15, 0.2) is 0 Å². The third-order valence-corrected chi connectivity index (χ3v) is 3.94. The molecule has 1 saturated carbocycles. The number of likely N-dealkylation sites (N-methyl/N-ethyl adjacent to an activating group) is 1. The summed E-state index contributed by atoms with van der Waals surface area (Å²) in [5.74, 6) is -0.926. The summed E-state index contributed by atoms with van der Waals surface area (Å²) in [6.45, 7) is 4.76. The van der Waals surface area contributed by atoms with Crippen molar-refractivity contribution in [3.8, 4) is 0 Å². The van der Waals surface area contributed by atoms with Crippen LogP contribution in [0.25, 0.3) is 0 Å². The Labute approximate surface area is 126 Å². The maximum absolute atomic E-state index is 12.2. The molecule has 21 heavy (non-hydrogen) atoms. The van der Waals surface area contributed by atoms with E-state index in [9.17, 15) is 14.7 Å². The smallest absolute Gasteiger partial charge is 0.329 e. The molecule has 1 fully saturated rings. The number of aliphatic carboxylic acids is 1. The molecule has 0 atom stereocenters. The molecule has 6 heteroatoms. The first-order chi connectivity index (χ1) is 9.87. The second kappa shape index (κ2) is 8.22. The number of carboxylic acid groups (broad SMARTS) is 1. The van der Waals surface area contributed by atoms with Crippen LogP contribution in [0.5, 0.6) is 0 Å². The topological polar surface area (TPSA) is 78.9 Å². The van der Waals surface area contributed by atoms with Crippen molar-refractivity contribution in [3.05, 3.63) is 0 Å². The summed E-state index contributed by atoms with van der Waals surface area (Å²) in [6.07, 6.45) is 4.87. The van der Waals surface area contributed by atoms with E-state index in [1.807, 2.05) is 13.8 Å². The summed E-state index contributed by atoms with van der Waals surface area (Å²) in [7, 11) is 1.66. The maximum atomic E-state index is 12.2. The summed E-state index contributed by atoms with van der Waals surface area (Å²) in [4.78, 5) is 25.3. The van der Waals surface area contributed by atoms with Crippen molar-refractivity contribution in [3.63, 3.8) is 0 Å². The average molecular weight is 300 g/mol. The minimum atomic E-state index is -1.11. The van der Waals surface area contributed by atoms with Crippen LogP contribution in [-0.2, 0) is 9.53 Å². The SMILES string of the molecule is CC(C)OCCN(C)C(=O)NC1(C(=O)O)CCCCCC1. The fourth-order valence-corrected chi connectivity index (χ4v) is 2.55. The number of nitrogens with one attached hydrogen (secondary N) is 1. The van der Waals surface area contributed by atoms with E-state index in [4.69, 9.17) is 4.74 Å². The molecule has 0 saturated heterocycles. The molecule has 0 aromatic heterocycles. The zero-order valence-electron chi connectivity index (χ0n) is 13.4. The van der Waals surface area contributed by atoms with Crippen LogP contribution in [0.3, 0.4) is 0 Å². The van der Waals surface area contributed by atoms with Gasteiger partial charge < -0.3 is 20.1 Å². The van der Waals surface area contributed by atoms with Crippen LogP contribution in [0.2, 0.25) is 0 Å². The molecule has 0 unspecified atom stereocenters. The van der Waals surface area contributed by atoms with Gasteiger partial charge in [-0.3, -0.25) is 0 Å². The van der Waals surface area contributed by atoms with Crippen LogP contribution < -0.4 is 5.32 Å². The van der Waals surface area contributed by atoms with Gasteiger partial charge in [0.1, 0.15) is 5.54 Å². The van der Waals surface area contributed by atoms with Crippen molar-refractivity contribution < 1.29 is 19.4 Å². The Balaban J connectivity index is 2.57. The van der Waals surface area contributed by atoms with Gasteiger partial charge >= 0.3 is 12.0 Å². The highest BCUT2D eigenvalue weighted by atomic mass is 16.5. The Morgan fingerprint density at radius 2 is 1.81 bits per heavy atom. The van der Waals surface area contributed by atoms with Gasteiger partial charge in [0.15, 0.2) is 0 Å². The molecule has 0 radical (unpaired) electrons. The largest absolute Gasteiger partial charge is 0.480 e. The molecule has 1 aliphatic carbocycles. The normalized spacial score (nSPS) is 18.1. The summed E-state index contributed by atoms with van der Waals surface area (Å²) in [6, 6.07) is -0.341. The second-order valence-electron chi connectivity index (χ2n) is 6.07. The first kappa shape index (κ1) is 17.8. The molecule has 0 heterocycles. The average Bonchev–Trinajstić information content (AvgIpc) is 2.64. The summed E-state index contributed by atoms with van der Waals surface area (Å²) >= 11 is 0. The van der Waals surface area contributed by atoms with E-state index in [1.165, 1.54) is 4.90 Å². The lowest BCUT2D eigenvalue weighted by Crippen LogP contribution is -2.57. The highest BCUT2D eigenvalue weighted by Gasteiger charge is 2.40. The van der Waals surface area contributed by atoms with Crippen molar-refractivity contribution in [2.24, 2.45) is 0 Å². The van der Waals surface area contributed by atoms with Gasteiger partial charge in [0.05, 0.1) is 12.7 Å². The minimum absolute atomic E-state index is 0.119. The zero-order valence-corrected chi connectivity index (χ0v) is 13.4. The zero-order chi connectivity index (χ0) is 15.9. The quantitative estimate of drug-likeness (QED) is 0.737. The number of carbonyl (C=O) groups excluding carboxylic acids is 1. The molecular weight excluding hydrogens is 272 g/mol. The van der Waals surface area contributed by atoms with Gasteiger partial charge in [-0.05, 0) is 26.7 Å². The first-order valence-corrected chi connectivity index (χ1v) is 7.76. The fraction of sp³-hybridized carbons (Fsp3) is 0.867. The Bertz CT molecular complexity index is 350. The molecule has 0 bridgehead atoms. The Morgan fingerprint density at radius 1 is 1.24 bits per heavy atom.